The fraction of sp³-hybridized carbons (Fsp3) is 0. The van der Waals surface area contributed by atoms with E-state index in [1.165, 1.54) is 6.33 Å². The van der Waals surface area contributed by atoms with Gasteiger partial charge >= 0.3 is 6.09 Å². The Bertz CT molecular complexity index is 450. The van der Waals surface area contributed by atoms with Gasteiger partial charge in [0.05, 0.1) is 0 Å². The third-order valence-electron chi connectivity index (χ3n) is 1.72. The summed E-state index contributed by atoms with van der Waals surface area (Å²) in [5.74, 6) is 0.410. The van der Waals surface area contributed by atoms with Crippen molar-refractivity contribution in [2.75, 3.05) is 0 Å². The first kappa shape index (κ1) is 8.43. The molecule has 0 bridgehead atoms. The quantitative estimate of drug-likeness (QED) is 0.737. The van der Waals surface area contributed by atoms with E-state index in [0.717, 1.165) is 10.2 Å². The third-order valence-corrected chi connectivity index (χ3v) is 1.72. The Morgan fingerprint density at radius 1 is 1.29 bits per heavy atom. The first-order valence-electron chi connectivity index (χ1n) is 3.98. The number of benzene rings is 1. The van der Waals surface area contributed by atoms with Gasteiger partial charge in [-0.1, -0.05) is 30.3 Å². The fourth-order valence-electron chi connectivity index (χ4n) is 1.07. The van der Waals surface area contributed by atoms with Crippen LogP contribution >= 0.6 is 0 Å². The molecule has 0 atom stereocenters. The highest BCUT2D eigenvalue weighted by Gasteiger charge is 2.06. The van der Waals surface area contributed by atoms with E-state index in [2.05, 4.69) is 10.1 Å². The molecule has 2 aromatic rings. The van der Waals surface area contributed by atoms with Gasteiger partial charge in [-0.15, -0.1) is 5.10 Å². The average molecular weight is 189 g/mol. The summed E-state index contributed by atoms with van der Waals surface area (Å²) in [5.41, 5.74) is 0.799. The number of rotatable bonds is 1. The number of nitrogens with zero attached hydrogens (tertiary/aromatic N) is 3. The number of aromatic nitrogens is 3. The molecule has 0 fully saturated rings. The Balaban J connectivity index is 2.39. The van der Waals surface area contributed by atoms with Crippen molar-refractivity contribution in [2.24, 2.45) is 0 Å². The van der Waals surface area contributed by atoms with Gasteiger partial charge in [0.15, 0.2) is 5.82 Å². The Morgan fingerprint density at radius 3 is 2.57 bits per heavy atom. The second-order valence-corrected chi connectivity index (χ2v) is 2.66. The lowest BCUT2D eigenvalue weighted by molar-refractivity contribution is 0.192. The molecule has 0 unspecified atom stereocenters. The molecule has 0 saturated heterocycles. The van der Waals surface area contributed by atoms with Gasteiger partial charge < -0.3 is 5.11 Å². The van der Waals surface area contributed by atoms with Gasteiger partial charge in [0.25, 0.3) is 0 Å². The van der Waals surface area contributed by atoms with Crippen LogP contribution in [0.5, 0.6) is 0 Å². The van der Waals surface area contributed by atoms with Crippen molar-refractivity contribution in [3.63, 3.8) is 0 Å². The van der Waals surface area contributed by atoms with Crippen LogP contribution in [-0.4, -0.2) is 26.0 Å². The second-order valence-electron chi connectivity index (χ2n) is 2.66. The highest BCUT2D eigenvalue weighted by atomic mass is 16.4. The Labute approximate surface area is 79.6 Å². The van der Waals surface area contributed by atoms with E-state index in [1.807, 2.05) is 30.3 Å². The lowest BCUT2D eigenvalue weighted by Crippen LogP contribution is -2.07. The van der Waals surface area contributed by atoms with Gasteiger partial charge in [-0.2, -0.15) is 4.68 Å². The first-order chi connectivity index (χ1) is 6.77. The smallest absolute Gasteiger partial charge is 0.433 e. The topological polar surface area (TPSA) is 68.0 Å². The maximum Gasteiger partial charge on any atom is 0.433 e. The van der Waals surface area contributed by atoms with Gasteiger partial charge in [-0.3, -0.25) is 0 Å². The molecule has 0 radical (unpaired) electrons. The molecule has 14 heavy (non-hydrogen) atoms. The van der Waals surface area contributed by atoms with Crippen LogP contribution in [0.15, 0.2) is 36.7 Å². The lowest BCUT2D eigenvalue weighted by atomic mass is 10.2. The fourth-order valence-corrected chi connectivity index (χ4v) is 1.07. The summed E-state index contributed by atoms with van der Waals surface area (Å²) in [6, 6.07) is 9.20. The summed E-state index contributed by atoms with van der Waals surface area (Å²) in [6.07, 6.45) is 0.0321. The standard InChI is InChI=1S/C9H7N3O2/c13-9(14)12-6-10-8(11-12)7-4-2-1-3-5-7/h1-6H,(H,13,14). The monoisotopic (exact) mass is 189 g/mol. The molecule has 0 saturated carbocycles. The second kappa shape index (κ2) is 3.29. The Morgan fingerprint density at radius 2 is 2.00 bits per heavy atom. The van der Waals surface area contributed by atoms with E-state index < -0.39 is 6.09 Å². The van der Waals surface area contributed by atoms with Crippen LogP contribution in [0, 0.1) is 0 Å². The summed E-state index contributed by atoms with van der Waals surface area (Å²) < 4.78 is 0.780. The third kappa shape index (κ3) is 1.47. The highest BCUT2D eigenvalue weighted by molar-refractivity contribution is 5.67. The zero-order valence-corrected chi connectivity index (χ0v) is 7.16. The van der Waals surface area contributed by atoms with Crippen molar-refractivity contribution in [2.45, 2.75) is 0 Å². The zero-order chi connectivity index (χ0) is 9.97. The van der Waals surface area contributed by atoms with Crippen LogP contribution in [0.3, 0.4) is 0 Å². The number of hydrogen-bond acceptors (Lipinski definition) is 3. The zero-order valence-electron chi connectivity index (χ0n) is 7.16. The van der Waals surface area contributed by atoms with Crippen LogP contribution in [0.2, 0.25) is 0 Å². The van der Waals surface area contributed by atoms with Crippen molar-refractivity contribution >= 4 is 6.09 Å². The highest BCUT2D eigenvalue weighted by Crippen LogP contribution is 2.12. The molecule has 0 aliphatic rings. The molecular weight excluding hydrogens is 182 g/mol. The van der Waals surface area contributed by atoms with Crippen molar-refractivity contribution in [1.29, 1.82) is 0 Å². The maximum absolute atomic E-state index is 10.5. The van der Waals surface area contributed by atoms with Crippen molar-refractivity contribution in [1.82, 2.24) is 14.8 Å². The number of carbonyl (C=O) groups is 1. The molecule has 70 valence electrons. The van der Waals surface area contributed by atoms with Gasteiger partial charge in [0, 0.05) is 5.56 Å². The van der Waals surface area contributed by atoms with Gasteiger partial charge in [0.2, 0.25) is 0 Å². The van der Waals surface area contributed by atoms with Gasteiger partial charge in [-0.25, -0.2) is 9.78 Å². The summed E-state index contributed by atoms with van der Waals surface area (Å²) in [4.78, 5) is 14.4. The van der Waals surface area contributed by atoms with Crippen molar-refractivity contribution in [3.05, 3.63) is 36.7 Å². The van der Waals surface area contributed by atoms with E-state index in [0.29, 0.717) is 5.82 Å². The molecule has 1 heterocycles. The van der Waals surface area contributed by atoms with E-state index in [-0.39, 0.29) is 0 Å². The molecule has 0 spiro atoms. The predicted octanol–water partition coefficient (Wildman–Crippen LogP) is 1.47. The Hall–Kier alpha value is -2.17. The van der Waals surface area contributed by atoms with Crippen molar-refractivity contribution in [3.8, 4) is 11.4 Å². The molecule has 2 rings (SSSR count). The van der Waals surface area contributed by atoms with Crippen LogP contribution in [0.1, 0.15) is 0 Å². The molecule has 1 N–H and O–H groups in total. The van der Waals surface area contributed by atoms with Crippen molar-refractivity contribution < 1.29 is 9.90 Å². The van der Waals surface area contributed by atoms with Gasteiger partial charge in [0.1, 0.15) is 6.33 Å². The normalized spacial score (nSPS) is 10.0. The summed E-state index contributed by atoms with van der Waals surface area (Å²) in [6.45, 7) is 0. The van der Waals surface area contributed by atoms with Crippen LogP contribution in [0.4, 0.5) is 4.79 Å². The van der Waals surface area contributed by atoms with E-state index >= 15 is 0 Å². The SMILES string of the molecule is O=C(O)n1cnc(-c2ccccc2)n1. The van der Waals surface area contributed by atoms with Crippen LogP contribution < -0.4 is 0 Å². The minimum Gasteiger partial charge on any atom is -0.463 e. The average Bonchev–Trinajstić information content (AvgIpc) is 2.68. The molecule has 5 heteroatoms. The molecule has 1 aromatic carbocycles. The molecule has 0 amide bonds. The molecular formula is C9H7N3O2. The number of hydrogen-bond donors (Lipinski definition) is 1. The number of carboxylic acid groups (broad SMARTS) is 1. The summed E-state index contributed by atoms with van der Waals surface area (Å²) in [7, 11) is 0. The minimum atomic E-state index is -1.14. The Kier molecular flexibility index (Phi) is 1.98. The minimum absolute atomic E-state index is 0.410. The van der Waals surface area contributed by atoms with Crippen LogP contribution in [-0.2, 0) is 0 Å². The predicted molar refractivity (Wildman–Crippen MR) is 48.9 cm³/mol. The van der Waals surface area contributed by atoms with Crippen LogP contribution in [0.25, 0.3) is 11.4 Å². The maximum atomic E-state index is 10.5. The molecule has 1 aromatic heterocycles. The van der Waals surface area contributed by atoms with Gasteiger partial charge in [-0.05, 0) is 0 Å². The summed E-state index contributed by atoms with van der Waals surface area (Å²) >= 11 is 0. The molecule has 0 aliphatic carbocycles. The van der Waals surface area contributed by atoms with E-state index in [1.54, 1.807) is 0 Å². The van der Waals surface area contributed by atoms with E-state index in [4.69, 9.17) is 5.11 Å². The largest absolute Gasteiger partial charge is 0.463 e. The first-order valence-corrected chi connectivity index (χ1v) is 3.98. The van der Waals surface area contributed by atoms with E-state index in [9.17, 15) is 4.79 Å². The lowest BCUT2D eigenvalue weighted by Gasteiger charge is -1.92. The summed E-state index contributed by atoms with van der Waals surface area (Å²) in [5, 5.41) is 12.4. The molecule has 5 nitrogen and oxygen atoms in total. The molecule has 0 aliphatic heterocycles.